The van der Waals surface area contributed by atoms with Crippen LogP contribution in [-0.2, 0) is 10.0 Å². The Morgan fingerprint density at radius 3 is 2.42 bits per heavy atom. The summed E-state index contributed by atoms with van der Waals surface area (Å²) in [5.74, 6) is 0.421. The molecule has 0 aliphatic rings. The molecule has 0 amide bonds. The van der Waals surface area contributed by atoms with E-state index in [0.717, 1.165) is 6.42 Å². The number of nitrogens with two attached hydrogens (primary N) is 1. The molecular formula is C12H18Cl2N2O2S. The van der Waals surface area contributed by atoms with Gasteiger partial charge in [0, 0.05) is 12.6 Å². The van der Waals surface area contributed by atoms with Crippen LogP contribution < -0.4 is 10.5 Å². The number of benzene rings is 1. The smallest absolute Gasteiger partial charge is 0.240 e. The summed E-state index contributed by atoms with van der Waals surface area (Å²) in [5, 5.41) is 0.521. The molecule has 3 N–H and O–H groups in total. The van der Waals surface area contributed by atoms with E-state index in [4.69, 9.17) is 28.9 Å². The molecule has 1 rings (SSSR count). The Balaban J connectivity index is 2.73. The van der Waals surface area contributed by atoms with E-state index in [1.54, 1.807) is 0 Å². The van der Waals surface area contributed by atoms with Crippen LogP contribution in [0.4, 0.5) is 0 Å². The molecule has 7 heteroatoms. The highest BCUT2D eigenvalue weighted by atomic mass is 35.5. The van der Waals surface area contributed by atoms with E-state index in [0.29, 0.717) is 10.9 Å². The number of hydrogen-bond acceptors (Lipinski definition) is 3. The summed E-state index contributed by atoms with van der Waals surface area (Å²) in [5.41, 5.74) is 5.84. The van der Waals surface area contributed by atoms with Crippen molar-refractivity contribution in [3.05, 3.63) is 28.2 Å². The van der Waals surface area contributed by atoms with Crippen molar-refractivity contribution in [1.29, 1.82) is 0 Å². The number of nitrogens with one attached hydrogen (secondary N) is 1. The van der Waals surface area contributed by atoms with Crippen LogP contribution >= 0.6 is 23.2 Å². The molecule has 0 aliphatic heterocycles. The molecule has 1 atom stereocenters. The Labute approximate surface area is 124 Å². The molecule has 0 fully saturated rings. The Morgan fingerprint density at radius 1 is 1.26 bits per heavy atom. The summed E-state index contributed by atoms with van der Waals surface area (Å²) >= 11 is 11.6. The minimum Gasteiger partial charge on any atom is -0.327 e. The summed E-state index contributed by atoms with van der Waals surface area (Å²) in [4.78, 5) is 0.0821. The van der Waals surface area contributed by atoms with Crippen molar-refractivity contribution >= 4 is 33.2 Å². The molecule has 19 heavy (non-hydrogen) atoms. The van der Waals surface area contributed by atoms with Gasteiger partial charge in [0.05, 0.1) is 14.9 Å². The highest BCUT2D eigenvalue weighted by molar-refractivity contribution is 7.89. The quantitative estimate of drug-likeness (QED) is 0.844. The molecule has 0 saturated carbocycles. The zero-order valence-corrected chi connectivity index (χ0v) is 13.2. The Morgan fingerprint density at radius 2 is 1.89 bits per heavy atom. The van der Waals surface area contributed by atoms with Crippen LogP contribution in [0.5, 0.6) is 0 Å². The van der Waals surface area contributed by atoms with E-state index in [2.05, 4.69) is 4.72 Å². The second-order valence-corrected chi connectivity index (χ2v) is 7.40. The van der Waals surface area contributed by atoms with Crippen LogP contribution in [0.1, 0.15) is 20.3 Å². The van der Waals surface area contributed by atoms with Gasteiger partial charge in [0.15, 0.2) is 0 Å². The van der Waals surface area contributed by atoms with Gasteiger partial charge in [-0.3, -0.25) is 0 Å². The second kappa shape index (κ2) is 6.90. The van der Waals surface area contributed by atoms with Crippen LogP contribution in [0.15, 0.2) is 23.1 Å². The van der Waals surface area contributed by atoms with Gasteiger partial charge in [0.2, 0.25) is 10.0 Å². The van der Waals surface area contributed by atoms with Gasteiger partial charge in [0.1, 0.15) is 0 Å². The van der Waals surface area contributed by atoms with E-state index in [9.17, 15) is 8.42 Å². The van der Waals surface area contributed by atoms with Crippen molar-refractivity contribution in [2.75, 3.05) is 6.54 Å². The fraction of sp³-hybridized carbons (Fsp3) is 0.500. The van der Waals surface area contributed by atoms with Gasteiger partial charge in [-0.05, 0) is 30.5 Å². The Bertz CT molecular complexity index is 533. The minimum atomic E-state index is -3.60. The van der Waals surface area contributed by atoms with E-state index in [-0.39, 0.29) is 22.5 Å². The molecule has 108 valence electrons. The molecule has 1 aromatic rings. The topological polar surface area (TPSA) is 72.2 Å². The molecule has 0 aliphatic carbocycles. The fourth-order valence-corrected chi connectivity index (χ4v) is 3.12. The van der Waals surface area contributed by atoms with Crippen LogP contribution in [0.2, 0.25) is 10.0 Å². The van der Waals surface area contributed by atoms with Gasteiger partial charge in [-0.25, -0.2) is 13.1 Å². The zero-order valence-electron chi connectivity index (χ0n) is 10.9. The standard InChI is InChI=1S/C12H18Cl2N2O2S/c1-8(2)5-9(15)7-16-19(17,18)10-3-4-11(13)12(14)6-10/h3-4,6,8-9,16H,5,7,15H2,1-2H3. The van der Waals surface area contributed by atoms with Crippen molar-refractivity contribution in [2.45, 2.75) is 31.2 Å². The highest BCUT2D eigenvalue weighted by Gasteiger charge is 2.17. The molecule has 0 radical (unpaired) electrons. The molecule has 1 aromatic carbocycles. The minimum absolute atomic E-state index is 0.0821. The first-order valence-electron chi connectivity index (χ1n) is 5.92. The monoisotopic (exact) mass is 324 g/mol. The van der Waals surface area contributed by atoms with Gasteiger partial charge in [-0.2, -0.15) is 0 Å². The van der Waals surface area contributed by atoms with Gasteiger partial charge in [0.25, 0.3) is 0 Å². The molecule has 0 aromatic heterocycles. The molecule has 0 spiro atoms. The van der Waals surface area contributed by atoms with Crippen molar-refractivity contribution in [3.8, 4) is 0 Å². The van der Waals surface area contributed by atoms with Crippen LogP contribution in [0.25, 0.3) is 0 Å². The van der Waals surface area contributed by atoms with Crippen LogP contribution in [-0.4, -0.2) is 21.0 Å². The lowest BCUT2D eigenvalue weighted by Crippen LogP contribution is -2.37. The molecule has 4 nitrogen and oxygen atoms in total. The van der Waals surface area contributed by atoms with Crippen LogP contribution in [0.3, 0.4) is 0 Å². The molecule has 0 saturated heterocycles. The zero-order chi connectivity index (χ0) is 14.6. The third-order valence-electron chi connectivity index (χ3n) is 2.51. The third-order valence-corrected chi connectivity index (χ3v) is 4.67. The normalized spacial score (nSPS) is 13.8. The van der Waals surface area contributed by atoms with Crippen molar-refractivity contribution in [1.82, 2.24) is 4.72 Å². The molecule has 0 heterocycles. The van der Waals surface area contributed by atoms with E-state index in [1.807, 2.05) is 13.8 Å². The predicted molar refractivity (Wildman–Crippen MR) is 79.1 cm³/mol. The van der Waals surface area contributed by atoms with Gasteiger partial charge in [-0.1, -0.05) is 37.0 Å². The largest absolute Gasteiger partial charge is 0.327 e. The number of hydrogen-bond donors (Lipinski definition) is 2. The Kier molecular flexibility index (Phi) is 6.08. The van der Waals surface area contributed by atoms with Crippen molar-refractivity contribution in [3.63, 3.8) is 0 Å². The molecular weight excluding hydrogens is 307 g/mol. The molecule has 0 bridgehead atoms. The Hall–Kier alpha value is -0.330. The highest BCUT2D eigenvalue weighted by Crippen LogP contribution is 2.24. The summed E-state index contributed by atoms with van der Waals surface area (Å²) in [7, 11) is -3.60. The van der Waals surface area contributed by atoms with E-state index < -0.39 is 10.0 Å². The van der Waals surface area contributed by atoms with Crippen molar-refractivity contribution in [2.24, 2.45) is 11.7 Å². The summed E-state index contributed by atoms with van der Waals surface area (Å²) in [6.45, 7) is 4.27. The lowest BCUT2D eigenvalue weighted by Gasteiger charge is -2.15. The maximum Gasteiger partial charge on any atom is 0.240 e. The maximum atomic E-state index is 12.0. The lowest BCUT2D eigenvalue weighted by molar-refractivity contribution is 0.486. The maximum absolute atomic E-state index is 12.0. The van der Waals surface area contributed by atoms with Gasteiger partial charge in [-0.15, -0.1) is 0 Å². The SMILES string of the molecule is CC(C)CC(N)CNS(=O)(=O)c1ccc(Cl)c(Cl)c1. The summed E-state index contributed by atoms with van der Waals surface area (Å²) < 4.78 is 26.5. The summed E-state index contributed by atoms with van der Waals surface area (Å²) in [6.07, 6.45) is 0.754. The van der Waals surface area contributed by atoms with E-state index in [1.165, 1.54) is 18.2 Å². The van der Waals surface area contributed by atoms with Crippen molar-refractivity contribution < 1.29 is 8.42 Å². The van der Waals surface area contributed by atoms with E-state index >= 15 is 0 Å². The first kappa shape index (κ1) is 16.7. The average Bonchev–Trinajstić information content (AvgIpc) is 2.29. The third kappa shape index (κ3) is 5.28. The number of sulfonamides is 1. The molecule has 1 unspecified atom stereocenters. The fourth-order valence-electron chi connectivity index (χ4n) is 1.63. The number of halogens is 2. The summed E-state index contributed by atoms with van der Waals surface area (Å²) in [6, 6.07) is 3.97. The lowest BCUT2D eigenvalue weighted by atomic mass is 10.1. The number of rotatable bonds is 6. The van der Waals surface area contributed by atoms with Crippen LogP contribution in [0, 0.1) is 5.92 Å². The van der Waals surface area contributed by atoms with Gasteiger partial charge < -0.3 is 5.73 Å². The first-order valence-corrected chi connectivity index (χ1v) is 8.16. The second-order valence-electron chi connectivity index (χ2n) is 4.82. The first-order chi connectivity index (χ1) is 8.72. The van der Waals surface area contributed by atoms with Gasteiger partial charge >= 0.3 is 0 Å². The average molecular weight is 325 g/mol. The predicted octanol–water partition coefficient (Wildman–Crippen LogP) is 2.65.